The highest BCUT2D eigenvalue weighted by Gasteiger charge is 2.17. The SMILES string of the molecule is CC(=O)Nc1ccc(SC(C)C(=O)NC(C)COc2cccc(C)c2)cc1. The van der Waals surface area contributed by atoms with Crippen molar-refractivity contribution in [3.8, 4) is 5.75 Å². The normalized spacial score (nSPS) is 12.7. The average molecular weight is 387 g/mol. The van der Waals surface area contributed by atoms with Crippen LogP contribution in [0.25, 0.3) is 0 Å². The Kier molecular flexibility index (Phi) is 7.73. The first-order valence-electron chi connectivity index (χ1n) is 8.87. The summed E-state index contributed by atoms with van der Waals surface area (Å²) in [5, 5.41) is 5.47. The third-order valence-corrected chi connectivity index (χ3v) is 4.85. The number of carbonyl (C=O) groups excluding carboxylic acids is 2. The average Bonchev–Trinajstić information content (AvgIpc) is 2.61. The molecule has 2 aromatic rings. The molecule has 0 aliphatic heterocycles. The molecule has 0 spiro atoms. The van der Waals surface area contributed by atoms with E-state index in [1.165, 1.54) is 18.7 Å². The van der Waals surface area contributed by atoms with Crippen molar-refractivity contribution < 1.29 is 14.3 Å². The van der Waals surface area contributed by atoms with Gasteiger partial charge in [-0.05, 0) is 62.7 Å². The zero-order chi connectivity index (χ0) is 19.8. The van der Waals surface area contributed by atoms with Crippen LogP contribution in [-0.2, 0) is 9.59 Å². The predicted molar refractivity (Wildman–Crippen MR) is 110 cm³/mol. The molecule has 2 atom stereocenters. The Labute approximate surface area is 164 Å². The zero-order valence-electron chi connectivity index (χ0n) is 16.1. The van der Waals surface area contributed by atoms with Crippen molar-refractivity contribution in [2.75, 3.05) is 11.9 Å². The lowest BCUT2D eigenvalue weighted by molar-refractivity contribution is -0.121. The fourth-order valence-electron chi connectivity index (χ4n) is 2.41. The summed E-state index contributed by atoms with van der Waals surface area (Å²) in [6.45, 7) is 7.69. The second kappa shape index (κ2) is 10.0. The molecule has 0 heterocycles. The molecule has 0 radical (unpaired) electrons. The van der Waals surface area contributed by atoms with Crippen LogP contribution in [0.15, 0.2) is 53.4 Å². The third-order valence-electron chi connectivity index (χ3n) is 3.73. The van der Waals surface area contributed by atoms with Gasteiger partial charge in [0.15, 0.2) is 0 Å². The van der Waals surface area contributed by atoms with Crippen molar-refractivity contribution in [1.82, 2.24) is 5.32 Å². The molecule has 2 aromatic carbocycles. The Balaban J connectivity index is 1.79. The van der Waals surface area contributed by atoms with Crippen LogP contribution >= 0.6 is 11.8 Å². The van der Waals surface area contributed by atoms with Gasteiger partial charge in [-0.15, -0.1) is 11.8 Å². The van der Waals surface area contributed by atoms with Crippen molar-refractivity contribution >= 4 is 29.3 Å². The van der Waals surface area contributed by atoms with Gasteiger partial charge in [-0.1, -0.05) is 12.1 Å². The molecule has 2 rings (SSSR count). The number of hydrogen-bond acceptors (Lipinski definition) is 4. The first-order chi connectivity index (χ1) is 12.8. The number of carbonyl (C=O) groups is 2. The monoisotopic (exact) mass is 386 g/mol. The van der Waals surface area contributed by atoms with E-state index in [4.69, 9.17) is 4.74 Å². The Morgan fingerprint density at radius 2 is 1.81 bits per heavy atom. The van der Waals surface area contributed by atoms with Crippen molar-refractivity contribution in [1.29, 1.82) is 0 Å². The molecular weight excluding hydrogens is 360 g/mol. The van der Waals surface area contributed by atoms with E-state index in [1.54, 1.807) is 0 Å². The molecule has 2 N–H and O–H groups in total. The second-order valence-corrected chi connectivity index (χ2v) is 7.92. The highest BCUT2D eigenvalue weighted by atomic mass is 32.2. The minimum absolute atomic E-state index is 0.0359. The van der Waals surface area contributed by atoms with Gasteiger partial charge in [0.2, 0.25) is 11.8 Å². The van der Waals surface area contributed by atoms with E-state index < -0.39 is 0 Å². The smallest absolute Gasteiger partial charge is 0.233 e. The predicted octanol–water partition coefficient (Wildman–Crippen LogP) is 4.02. The fraction of sp³-hybridized carbons (Fsp3) is 0.333. The van der Waals surface area contributed by atoms with E-state index in [-0.39, 0.29) is 23.1 Å². The number of anilines is 1. The van der Waals surface area contributed by atoms with Crippen molar-refractivity contribution in [2.45, 2.75) is 43.9 Å². The van der Waals surface area contributed by atoms with E-state index in [0.29, 0.717) is 6.61 Å². The number of thioether (sulfide) groups is 1. The summed E-state index contributed by atoms with van der Waals surface area (Å²) in [6, 6.07) is 15.2. The van der Waals surface area contributed by atoms with E-state index in [0.717, 1.165) is 21.9 Å². The maximum absolute atomic E-state index is 12.4. The van der Waals surface area contributed by atoms with Gasteiger partial charge in [-0.2, -0.15) is 0 Å². The molecular formula is C21H26N2O3S. The topological polar surface area (TPSA) is 67.4 Å². The van der Waals surface area contributed by atoms with Gasteiger partial charge in [-0.25, -0.2) is 0 Å². The van der Waals surface area contributed by atoms with Crippen LogP contribution < -0.4 is 15.4 Å². The van der Waals surface area contributed by atoms with Gasteiger partial charge < -0.3 is 15.4 Å². The summed E-state index contributed by atoms with van der Waals surface area (Å²) in [7, 11) is 0. The van der Waals surface area contributed by atoms with Gasteiger partial charge in [0.25, 0.3) is 0 Å². The molecule has 0 saturated carbocycles. The summed E-state index contributed by atoms with van der Waals surface area (Å²) in [5.74, 6) is 0.661. The fourth-order valence-corrected chi connectivity index (χ4v) is 3.28. The molecule has 2 unspecified atom stereocenters. The number of nitrogens with one attached hydrogen (secondary N) is 2. The molecule has 0 aliphatic rings. The molecule has 0 fully saturated rings. The van der Waals surface area contributed by atoms with Crippen LogP contribution in [-0.4, -0.2) is 29.7 Å². The maximum atomic E-state index is 12.4. The van der Waals surface area contributed by atoms with Crippen LogP contribution in [0.3, 0.4) is 0 Å². The lowest BCUT2D eigenvalue weighted by Gasteiger charge is -2.18. The van der Waals surface area contributed by atoms with E-state index in [2.05, 4.69) is 10.6 Å². The molecule has 27 heavy (non-hydrogen) atoms. The van der Waals surface area contributed by atoms with Crippen molar-refractivity contribution in [3.63, 3.8) is 0 Å². The lowest BCUT2D eigenvalue weighted by Crippen LogP contribution is -2.40. The first-order valence-corrected chi connectivity index (χ1v) is 9.75. The Hall–Kier alpha value is -2.47. The summed E-state index contributed by atoms with van der Waals surface area (Å²) in [6.07, 6.45) is 0. The number of hydrogen-bond donors (Lipinski definition) is 2. The first kappa shape index (κ1) is 20.8. The number of aryl methyl sites for hydroxylation is 1. The molecule has 0 aromatic heterocycles. The van der Waals surface area contributed by atoms with Gasteiger partial charge in [0.1, 0.15) is 12.4 Å². The van der Waals surface area contributed by atoms with Crippen LogP contribution in [0, 0.1) is 6.92 Å². The van der Waals surface area contributed by atoms with Crippen LogP contribution in [0.5, 0.6) is 5.75 Å². The molecule has 5 nitrogen and oxygen atoms in total. The summed E-state index contributed by atoms with van der Waals surface area (Å²) >= 11 is 1.47. The van der Waals surface area contributed by atoms with Gasteiger partial charge in [-0.3, -0.25) is 9.59 Å². The largest absolute Gasteiger partial charge is 0.491 e. The van der Waals surface area contributed by atoms with E-state index >= 15 is 0 Å². The Bertz CT molecular complexity index is 777. The minimum Gasteiger partial charge on any atom is -0.491 e. The molecule has 2 amide bonds. The molecule has 0 aliphatic carbocycles. The zero-order valence-corrected chi connectivity index (χ0v) is 16.9. The molecule has 0 saturated heterocycles. The number of ether oxygens (including phenoxy) is 1. The van der Waals surface area contributed by atoms with Gasteiger partial charge >= 0.3 is 0 Å². The van der Waals surface area contributed by atoms with E-state index in [1.807, 2.05) is 69.3 Å². The quantitative estimate of drug-likeness (QED) is 0.673. The molecule has 0 bridgehead atoms. The van der Waals surface area contributed by atoms with Crippen molar-refractivity contribution in [3.05, 3.63) is 54.1 Å². The second-order valence-electron chi connectivity index (χ2n) is 6.50. The standard InChI is InChI=1S/C21H26N2O3S/c1-14-6-5-7-19(12-14)26-13-15(2)22-21(25)16(3)27-20-10-8-18(9-11-20)23-17(4)24/h5-12,15-16H,13H2,1-4H3,(H,22,25)(H,23,24). The van der Waals surface area contributed by atoms with Crippen LogP contribution in [0.4, 0.5) is 5.69 Å². The molecule has 144 valence electrons. The van der Waals surface area contributed by atoms with Crippen molar-refractivity contribution in [2.24, 2.45) is 0 Å². The third kappa shape index (κ3) is 7.35. The van der Waals surface area contributed by atoms with Gasteiger partial charge in [0.05, 0.1) is 11.3 Å². The van der Waals surface area contributed by atoms with Crippen LogP contribution in [0.2, 0.25) is 0 Å². The number of rotatable bonds is 8. The number of benzene rings is 2. The lowest BCUT2D eigenvalue weighted by atomic mass is 10.2. The Morgan fingerprint density at radius 3 is 2.44 bits per heavy atom. The number of amides is 2. The van der Waals surface area contributed by atoms with Crippen LogP contribution in [0.1, 0.15) is 26.3 Å². The molecule has 6 heteroatoms. The summed E-state index contributed by atoms with van der Waals surface area (Å²) in [4.78, 5) is 24.4. The maximum Gasteiger partial charge on any atom is 0.233 e. The minimum atomic E-state index is -0.238. The van der Waals surface area contributed by atoms with E-state index in [9.17, 15) is 9.59 Å². The summed E-state index contributed by atoms with van der Waals surface area (Å²) < 4.78 is 5.74. The Morgan fingerprint density at radius 1 is 1.11 bits per heavy atom. The highest BCUT2D eigenvalue weighted by molar-refractivity contribution is 8.00. The summed E-state index contributed by atoms with van der Waals surface area (Å²) in [5.41, 5.74) is 1.88. The highest BCUT2D eigenvalue weighted by Crippen LogP contribution is 2.25. The van der Waals surface area contributed by atoms with Gasteiger partial charge in [0, 0.05) is 17.5 Å².